The molecule has 15 heavy (non-hydrogen) atoms. The van der Waals surface area contributed by atoms with Gasteiger partial charge in [-0.2, -0.15) is 0 Å². The number of ether oxygens (including phenoxy) is 2. The maximum atomic E-state index is 10.8. The van der Waals surface area contributed by atoms with Crippen LogP contribution in [-0.4, -0.2) is 30.3 Å². The Hall–Kier alpha value is -2.04. The van der Waals surface area contributed by atoms with Gasteiger partial charge in [-0.3, -0.25) is 0 Å². The minimum atomic E-state index is -1.11. The number of carboxylic acids is 1. The Morgan fingerprint density at radius 1 is 1.47 bits per heavy atom. The highest BCUT2D eigenvalue weighted by Gasteiger charge is 2.14. The van der Waals surface area contributed by atoms with Gasteiger partial charge in [0.05, 0.1) is 26.0 Å². The average Bonchev–Trinajstić information content (AvgIpc) is 2.27. The van der Waals surface area contributed by atoms with Gasteiger partial charge in [0.25, 0.3) is 0 Å². The maximum Gasteiger partial charge on any atom is 0.335 e. The van der Waals surface area contributed by atoms with Crippen LogP contribution in [0.2, 0.25) is 0 Å². The molecule has 0 unspecified atom stereocenters. The predicted molar refractivity (Wildman–Crippen MR) is 54.0 cm³/mol. The van der Waals surface area contributed by atoms with E-state index in [1.807, 2.05) is 0 Å². The topological polar surface area (TPSA) is 68.7 Å². The molecule has 0 aliphatic heterocycles. The van der Waals surface area contributed by atoms with E-state index in [1.165, 1.54) is 26.5 Å². The number of aromatic nitrogens is 1. The van der Waals surface area contributed by atoms with Crippen molar-refractivity contribution in [2.45, 2.75) is 0 Å². The first-order chi connectivity index (χ1) is 7.10. The van der Waals surface area contributed by atoms with Crippen molar-refractivity contribution in [1.82, 2.24) is 4.98 Å². The van der Waals surface area contributed by atoms with Crippen molar-refractivity contribution in [3.8, 4) is 11.6 Å². The Morgan fingerprint density at radius 3 is 2.60 bits per heavy atom. The fourth-order valence-electron chi connectivity index (χ4n) is 1.05. The van der Waals surface area contributed by atoms with E-state index in [4.69, 9.17) is 14.6 Å². The second-order valence-corrected chi connectivity index (χ2v) is 2.71. The zero-order valence-corrected chi connectivity index (χ0v) is 8.48. The number of carbonyl (C=O) groups is 1. The molecule has 5 nitrogen and oxygen atoms in total. The number of nitrogens with zero attached hydrogens (tertiary/aromatic N) is 1. The van der Waals surface area contributed by atoms with Gasteiger partial charge in [0, 0.05) is 11.6 Å². The number of rotatable bonds is 4. The van der Waals surface area contributed by atoms with Crippen LogP contribution in [0.1, 0.15) is 5.56 Å². The van der Waals surface area contributed by atoms with Gasteiger partial charge in [-0.25, -0.2) is 9.78 Å². The average molecular weight is 209 g/mol. The second kappa shape index (κ2) is 4.45. The maximum absolute atomic E-state index is 10.8. The minimum Gasteiger partial charge on any atom is -0.494 e. The van der Waals surface area contributed by atoms with Gasteiger partial charge in [0.2, 0.25) is 5.88 Å². The summed E-state index contributed by atoms with van der Waals surface area (Å²) in [4.78, 5) is 14.6. The van der Waals surface area contributed by atoms with Crippen LogP contribution in [0.25, 0.3) is 5.57 Å². The lowest BCUT2D eigenvalue weighted by molar-refractivity contribution is -0.130. The van der Waals surface area contributed by atoms with E-state index in [-0.39, 0.29) is 5.57 Å². The quantitative estimate of drug-likeness (QED) is 0.754. The summed E-state index contributed by atoms with van der Waals surface area (Å²) in [6, 6.07) is 1.47. The van der Waals surface area contributed by atoms with Crippen LogP contribution >= 0.6 is 0 Å². The van der Waals surface area contributed by atoms with Crippen LogP contribution in [-0.2, 0) is 4.79 Å². The highest BCUT2D eigenvalue weighted by Crippen LogP contribution is 2.27. The standard InChI is InChI=1S/C10H11NO4/c1-6(10(12)13)7-4-9(15-3)11-5-8(7)14-2/h4-5H,1H2,2-3H3,(H,12,13). The molecule has 0 aromatic carbocycles. The molecule has 0 saturated carbocycles. The van der Waals surface area contributed by atoms with Crippen LogP contribution in [0.15, 0.2) is 18.8 Å². The lowest BCUT2D eigenvalue weighted by Crippen LogP contribution is -2.02. The van der Waals surface area contributed by atoms with Crippen LogP contribution in [0.4, 0.5) is 0 Å². The molecule has 1 aromatic heterocycles. The van der Waals surface area contributed by atoms with Crippen molar-refractivity contribution in [3.63, 3.8) is 0 Å². The molecule has 1 N–H and O–H groups in total. The molecule has 0 bridgehead atoms. The minimum absolute atomic E-state index is 0.0625. The number of hydrogen-bond donors (Lipinski definition) is 1. The summed E-state index contributed by atoms with van der Waals surface area (Å²) in [5.74, 6) is -0.446. The van der Waals surface area contributed by atoms with Gasteiger partial charge in [0.15, 0.2) is 0 Å². The smallest absolute Gasteiger partial charge is 0.335 e. The highest BCUT2D eigenvalue weighted by atomic mass is 16.5. The largest absolute Gasteiger partial charge is 0.494 e. The lowest BCUT2D eigenvalue weighted by atomic mass is 10.1. The first-order valence-corrected chi connectivity index (χ1v) is 4.10. The van der Waals surface area contributed by atoms with E-state index in [0.717, 1.165) is 0 Å². The molecule has 1 rings (SSSR count). The van der Waals surface area contributed by atoms with Gasteiger partial charge in [0.1, 0.15) is 5.75 Å². The van der Waals surface area contributed by atoms with E-state index < -0.39 is 5.97 Å². The molecule has 5 heteroatoms. The van der Waals surface area contributed by atoms with Crippen molar-refractivity contribution in [3.05, 3.63) is 24.4 Å². The Bertz CT molecular complexity index is 400. The molecule has 0 aliphatic carbocycles. The van der Waals surface area contributed by atoms with Crippen LogP contribution in [0.3, 0.4) is 0 Å². The molecule has 0 amide bonds. The molecule has 1 aromatic rings. The normalized spacial score (nSPS) is 9.47. The van der Waals surface area contributed by atoms with Crippen LogP contribution in [0.5, 0.6) is 11.6 Å². The number of pyridine rings is 1. The number of hydrogen-bond acceptors (Lipinski definition) is 4. The van der Waals surface area contributed by atoms with E-state index in [1.54, 1.807) is 0 Å². The monoisotopic (exact) mass is 209 g/mol. The molecule has 0 aliphatic rings. The second-order valence-electron chi connectivity index (χ2n) is 2.71. The third-order valence-corrected chi connectivity index (χ3v) is 1.85. The van der Waals surface area contributed by atoms with Crippen molar-refractivity contribution >= 4 is 11.5 Å². The summed E-state index contributed by atoms with van der Waals surface area (Å²) >= 11 is 0. The molecular weight excluding hydrogens is 198 g/mol. The summed E-state index contributed by atoms with van der Waals surface area (Å²) < 4.78 is 9.86. The third-order valence-electron chi connectivity index (χ3n) is 1.85. The SMILES string of the molecule is C=C(C(=O)O)c1cc(OC)ncc1OC. The van der Waals surface area contributed by atoms with Crippen molar-refractivity contribution in [2.24, 2.45) is 0 Å². The summed E-state index contributed by atoms with van der Waals surface area (Å²) in [6.45, 7) is 3.45. The molecule has 0 fully saturated rings. The first kappa shape index (κ1) is 11.0. The summed E-state index contributed by atoms with van der Waals surface area (Å²) in [7, 11) is 2.88. The summed E-state index contributed by atoms with van der Waals surface area (Å²) in [5, 5.41) is 8.80. The molecular formula is C10H11NO4. The van der Waals surface area contributed by atoms with Gasteiger partial charge in [-0.15, -0.1) is 0 Å². The van der Waals surface area contributed by atoms with Crippen molar-refractivity contribution in [1.29, 1.82) is 0 Å². The molecule has 80 valence electrons. The van der Waals surface area contributed by atoms with E-state index in [9.17, 15) is 4.79 Å². The highest BCUT2D eigenvalue weighted by molar-refractivity contribution is 6.15. The molecule has 0 saturated heterocycles. The molecule has 0 atom stereocenters. The molecule has 0 spiro atoms. The number of methoxy groups -OCH3 is 2. The lowest BCUT2D eigenvalue weighted by Gasteiger charge is -2.08. The van der Waals surface area contributed by atoms with Crippen molar-refractivity contribution < 1.29 is 19.4 Å². The Morgan fingerprint density at radius 2 is 2.13 bits per heavy atom. The molecule has 0 radical (unpaired) electrons. The zero-order chi connectivity index (χ0) is 11.4. The Kier molecular flexibility index (Phi) is 3.28. The number of carboxylic acid groups (broad SMARTS) is 1. The Balaban J connectivity index is 3.23. The molecule has 1 heterocycles. The fourth-order valence-corrected chi connectivity index (χ4v) is 1.05. The first-order valence-electron chi connectivity index (χ1n) is 4.10. The number of aliphatic carboxylic acids is 1. The van der Waals surface area contributed by atoms with Gasteiger partial charge in [-0.1, -0.05) is 6.58 Å². The van der Waals surface area contributed by atoms with E-state index >= 15 is 0 Å². The van der Waals surface area contributed by atoms with Crippen LogP contribution < -0.4 is 9.47 Å². The van der Waals surface area contributed by atoms with Gasteiger partial charge in [-0.05, 0) is 0 Å². The van der Waals surface area contributed by atoms with Gasteiger partial charge < -0.3 is 14.6 Å². The Labute approximate surface area is 87.0 Å². The van der Waals surface area contributed by atoms with Crippen LogP contribution in [0, 0.1) is 0 Å². The predicted octanol–water partition coefficient (Wildman–Crippen LogP) is 1.20. The van der Waals surface area contributed by atoms with E-state index in [2.05, 4.69) is 11.6 Å². The van der Waals surface area contributed by atoms with E-state index in [0.29, 0.717) is 17.2 Å². The summed E-state index contributed by atoms with van der Waals surface area (Å²) in [6.07, 6.45) is 1.39. The fraction of sp³-hybridized carbons (Fsp3) is 0.200. The van der Waals surface area contributed by atoms with Gasteiger partial charge >= 0.3 is 5.97 Å². The third kappa shape index (κ3) is 2.25. The van der Waals surface area contributed by atoms with Crippen molar-refractivity contribution in [2.75, 3.05) is 14.2 Å². The summed E-state index contributed by atoms with van der Waals surface area (Å²) in [5.41, 5.74) is 0.296. The zero-order valence-electron chi connectivity index (χ0n) is 8.48.